The van der Waals surface area contributed by atoms with E-state index in [0.717, 1.165) is 29.8 Å². The molecule has 0 saturated heterocycles. The fraction of sp³-hybridized carbons (Fsp3) is 0.200. The summed E-state index contributed by atoms with van der Waals surface area (Å²) in [7, 11) is 0. The maximum atomic E-state index is 4.27. The summed E-state index contributed by atoms with van der Waals surface area (Å²) >= 11 is 0. The highest BCUT2D eigenvalue weighted by molar-refractivity contribution is 5.66. The van der Waals surface area contributed by atoms with Crippen LogP contribution in [0, 0.1) is 0 Å². The van der Waals surface area contributed by atoms with Crippen molar-refractivity contribution in [2.24, 2.45) is 0 Å². The van der Waals surface area contributed by atoms with Gasteiger partial charge in [-0.05, 0) is 18.4 Å². The highest BCUT2D eigenvalue weighted by atomic mass is 14.9. The van der Waals surface area contributed by atoms with Gasteiger partial charge in [0.05, 0.1) is 11.4 Å². The number of aryl methyl sites for hydroxylation is 2. The molecule has 0 N–H and O–H groups in total. The van der Waals surface area contributed by atoms with Crippen molar-refractivity contribution in [3.63, 3.8) is 0 Å². The van der Waals surface area contributed by atoms with Crippen molar-refractivity contribution < 1.29 is 0 Å². The monoisotopic (exact) mass is 184 g/mol. The van der Waals surface area contributed by atoms with Gasteiger partial charge in [0.2, 0.25) is 0 Å². The molecule has 0 unspecified atom stereocenters. The maximum Gasteiger partial charge on any atom is 0.116 e. The molecule has 1 aliphatic carbocycles. The van der Waals surface area contributed by atoms with Crippen molar-refractivity contribution in [1.82, 2.24) is 19.9 Å². The Morgan fingerprint density at radius 2 is 1.79 bits per heavy atom. The van der Waals surface area contributed by atoms with E-state index in [1.54, 1.807) is 12.7 Å². The minimum absolute atomic E-state index is 0.957. The third-order valence-electron chi connectivity index (χ3n) is 2.47. The molecule has 2 aromatic heterocycles. The molecule has 2 aromatic rings. The molecule has 0 saturated carbocycles. The van der Waals surface area contributed by atoms with E-state index in [1.165, 1.54) is 5.56 Å². The first kappa shape index (κ1) is 7.55. The van der Waals surface area contributed by atoms with Crippen molar-refractivity contribution in [2.45, 2.75) is 12.8 Å². The highest BCUT2D eigenvalue weighted by Crippen LogP contribution is 2.28. The summed E-state index contributed by atoms with van der Waals surface area (Å²) in [6.45, 7) is 0. The van der Waals surface area contributed by atoms with Gasteiger partial charge in [-0.3, -0.25) is 0 Å². The summed E-state index contributed by atoms with van der Waals surface area (Å²) in [5, 5.41) is 0. The summed E-state index contributed by atoms with van der Waals surface area (Å²) in [6, 6.07) is 0. The minimum atomic E-state index is 0.957. The molecule has 0 fully saturated rings. The zero-order valence-corrected chi connectivity index (χ0v) is 7.51. The molecule has 0 aliphatic heterocycles. The quantitative estimate of drug-likeness (QED) is 0.613. The Morgan fingerprint density at radius 3 is 2.79 bits per heavy atom. The van der Waals surface area contributed by atoms with Crippen LogP contribution < -0.4 is 0 Å². The minimum Gasteiger partial charge on any atom is -0.244 e. The van der Waals surface area contributed by atoms with Gasteiger partial charge in [0.1, 0.15) is 12.7 Å². The van der Waals surface area contributed by atoms with E-state index in [1.807, 2.05) is 12.4 Å². The number of nitrogens with zero attached hydrogens (tertiary/aromatic N) is 4. The van der Waals surface area contributed by atoms with Gasteiger partial charge in [-0.25, -0.2) is 19.9 Å². The standard InChI is InChI=1S/C10H8N4/c1-2-9-8(4-12-5-13-9)10-7(1)3-11-6-14-10/h3-6H,1-2H2. The van der Waals surface area contributed by atoms with Gasteiger partial charge in [0, 0.05) is 18.0 Å². The smallest absolute Gasteiger partial charge is 0.116 e. The lowest BCUT2D eigenvalue weighted by Gasteiger charge is -2.15. The van der Waals surface area contributed by atoms with E-state index in [2.05, 4.69) is 19.9 Å². The van der Waals surface area contributed by atoms with Crippen molar-refractivity contribution in [3.8, 4) is 11.3 Å². The first-order valence-corrected chi connectivity index (χ1v) is 4.53. The van der Waals surface area contributed by atoms with E-state index < -0.39 is 0 Å². The molecule has 0 radical (unpaired) electrons. The van der Waals surface area contributed by atoms with Gasteiger partial charge in [0.15, 0.2) is 0 Å². The predicted molar refractivity (Wildman–Crippen MR) is 50.5 cm³/mol. The molecular weight excluding hydrogens is 176 g/mol. The van der Waals surface area contributed by atoms with Crippen LogP contribution in [0.4, 0.5) is 0 Å². The second kappa shape index (κ2) is 2.83. The second-order valence-corrected chi connectivity index (χ2v) is 3.28. The van der Waals surface area contributed by atoms with Crippen molar-refractivity contribution in [1.29, 1.82) is 0 Å². The summed E-state index contributed by atoms with van der Waals surface area (Å²) < 4.78 is 0. The van der Waals surface area contributed by atoms with Gasteiger partial charge >= 0.3 is 0 Å². The Hall–Kier alpha value is -1.84. The molecule has 0 bridgehead atoms. The van der Waals surface area contributed by atoms with Gasteiger partial charge in [-0.2, -0.15) is 0 Å². The van der Waals surface area contributed by atoms with E-state index in [-0.39, 0.29) is 0 Å². The fourth-order valence-corrected chi connectivity index (χ4v) is 1.79. The summed E-state index contributed by atoms with van der Waals surface area (Å²) in [4.78, 5) is 16.6. The van der Waals surface area contributed by atoms with Gasteiger partial charge in [-0.1, -0.05) is 0 Å². The number of rotatable bonds is 0. The third kappa shape index (κ3) is 1.00. The van der Waals surface area contributed by atoms with Crippen LogP contribution in [-0.4, -0.2) is 19.9 Å². The topological polar surface area (TPSA) is 51.6 Å². The lowest BCUT2D eigenvalue weighted by Crippen LogP contribution is -2.08. The maximum absolute atomic E-state index is 4.27. The molecule has 2 heterocycles. The molecule has 0 spiro atoms. The summed E-state index contributed by atoms with van der Waals surface area (Å²) in [5.41, 5.74) is 4.32. The fourth-order valence-electron chi connectivity index (χ4n) is 1.79. The lowest BCUT2D eigenvalue weighted by atomic mass is 9.95. The van der Waals surface area contributed by atoms with Gasteiger partial charge in [0.25, 0.3) is 0 Å². The molecule has 68 valence electrons. The molecule has 0 atom stereocenters. The molecule has 4 nitrogen and oxygen atoms in total. The van der Waals surface area contributed by atoms with Crippen LogP contribution in [0.25, 0.3) is 11.3 Å². The predicted octanol–water partition coefficient (Wildman–Crippen LogP) is 1.03. The first-order valence-electron chi connectivity index (χ1n) is 4.53. The lowest BCUT2D eigenvalue weighted by molar-refractivity contribution is 0.862. The largest absolute Gasteiger partial charge is 0.244 e. The second-order valence-electron chi connectivity index (χ2n) is 3.28. The number of hydrogen-bond acceptors (Lipinski definition) is 4. The Balaban J connectivity index is 2.29. The average Bonchev–Trinajstić information content (AvgIpc) is 2.29. The van der Waals surface area contributed by atoms with Gasteiger partial charge in [-0.15, -0.1) is 0 Å². The van der Waals surface area contributed by atoms with Crippen LogP contribution in [0.1, 0.15) is 11.3 Å². The third-order valence-corrected chi connectivity index (χ3v) is 2.47. The summed E-state index contributed by atoms with van der Waals surface area (Å²) in [6.07, 6.45) is 8.79. The normalized spacial score (nSPS) is 13.1. The van der Waals surface area contributed by atoms with Crippen molar-refractivity contribution in [3.05, 3.63) is 36.3 Å². The highest BCUT2D eigenvalue weighted by Gasteiger charge is 2.17. The van der Waals surface area contributed by atoms with E-state index in [4.69, 9.17) is 0 Å². The van der Waals surface area contributed by atoms with Crippen LogP contribution in [-0.2, 0) is 12.8 Å². The molecular formula is C10H8N4. The van der Waals surface area contributed by atoms with E-state index >= 15 is 0 Å². The van der Waals surface area contributed by atoms with E-state index in [9.17, 15) is 0 Å². The zero-order chi connectivity index (χ0) is 9.38. The Labute approximate surface area is 81.1 Å². The number of fused-ring (bicyclic) bond motifs is 3. The Bertz CT molecular complexity index is 436. The van der Waals surface area contributed by atoms with Gasteiger partial charge < -0.3 is 0 Å². The van der Waals surface area contributed by atoms with Crippen LogP contribution in [0.15, 0.2) is 25.0 Å². The molecule has 1 aliphatic rings. The first-order chi connectivity index (χ1) is 6.95. The van der Waals surface area contributed by atoms with Crippen LogP contribution >= 0.6 is 0 Å². The number of hydrogen-bond donors (Lipinski definition) is 0. The number of aromatic nitrogens is 4. The van der Waals surface area contributed by atoms with E-state index in [0.29, 0.717) is 0 Å². The summed E-state index contributed by atoms with van der Waals surface area (Å²) in [5.74, 6) is 0. The zero-order valence-electron chi connectivity index (χ0n) is 7.51. The van der Waals surface area contributed by atoms with Crippen molar-refractivity contribution >= 4 is 0 Å². The molecule has 4 heteroatoms. The molecule has 0 amide bonds. The van der Waals surface area contributed by atoms with Crippen LogP contribution in [0.3, 0.4) is 0 Å². The average molecular weight is 184 g/mol. The molecule has 0 aromatic carbocycles. The van der Waals surface area contributed by atoms with Crippen molar-refractivity contribution in [2.75, 3.05) is 0 Å². The van der Waals surface area contributed by atoms with Crippen LogP contribution in [0.5, 0.6) is 0 Å². The molecule has 14 heavy (non-hydrogen) atoms. The Kier molecular flexibility index (Phi) is 1.53. The van der Waals surface area contributed by atoms with Crippen LogP contribution in [0.2, 0.25) is 0 Å². The SMILES string of the molecule is c1ncc2c(n1)CCc1cncnc1-2. The Morgan fingerprint density at radius 1 is 0.929 bits per heavy atom. The molecule has 3 rings (SSSR count).